The molecule has 1 aromatic carbocycles. The third-order valence-electron chi connectivity index (χ3n) is 5.98. The Labute approximate surface area is 247 Å². The second-order valence-electron chi connectivity index (χ2n) is 9.70. The number of likely N-dealkylation sites (N-methyl/N-ethyl adjacent to an activating group) is 1. The van der Waals surface area contributed by atoms with Crippen LogP contribution in [-0.4, -0.2) is 61.8 Å². The van der Waals surface area contributed by atoms with Gasteiger partial charge in [0.05, 0.1) is 41.0 Å². The Bertz CT molecular complexity index is 1330. The number of nitrogens with one attached hydrogen (secondary N) is 2. The number of amides is 1. The van der Waals surface area contributed by atoms with E-state index in [0.717, 1.165) is 17.0 Å². The van der Waals surface area contributed by atoms with Gasteiger partial charge in [-0.2, -0.15) is 5.26 Å². The quantitative estimate of drug-likeness (QED) is 0.237. The third-order valence-corrected chi connectivity index (χ3v) is 6.28. The highest BCUT2D eigenvalue weighted by atomic mass is 35.5. The summed E-state index contributed by atoms with van der Waals surface area (Å²) >= 11 is 6.51. The van der Waals surface area contributed by atoms with E-state index in [1.54, 1.807) is 25.4 Å². The van der Waals surface area contributed by atoms with Gasteiger partial charge in [-0.15, -0.1) is 0 Å². The molecule has 1 aliphatic rings. The molecule has 0 spiro atoms. The van der Waals surface area contributed by atoms with Crippen LogP contribution in [0.3, 0.4) is 0 Å². The van der Waals surface area contributed by atoms with Crippen LogP contribution in [0.4, 0.5) is 5.69 Å². The maximum Gasteiger partial charge on any atom is 0.244 e. The second-order valence-corrected chi connectivity index (χ2v) is 10.1. The molecule has 2 aromatic rings. The molecule has 0 saturated heterocycles. The predicted octanol–water partition coefficient (Wildman–Crippen LogP) is 5.14. The fourth-order valence-electron chi connectivity index (χ4n) is 3.90. The number of benzene rings is 1. The van der Waals surface area contributed by atoms with E-state index in [9.17, 15) is 10.1 Å². The molecular weight excluding hydrogens is 540 g/mol. The van der Waals surface area contributed by atoms with Crippen LogP contribution >= 0.6 is 11.6 Å². The van der Waals surface area contributed by atoms with E-state index in [1.807, 2.05) is 68.4 Å². The maximum atomic E-state index is 12.7. The van der Waals surface area contributed by atoms with Gasteiger partial charge in [-0.25, -0.2) is 0 Å². The Morgan fingerprint density at radius 3 is 2.83 bits per heavy atom. The van der Waals surface area contributed by atoms with E-state index in [2.05, 4.69) is 26.7 Å². The Hall–Kier alpha value is -4.13. The van der Waals surface area contributed by atoms with Crippen LogP contribution in [0.15, 0.2) is 82.8 Å². The summed E-state index contributed by atoms with van der Waals surface area (Å²) in [6.07, 6.45) is 9.00. The minimum absolute atomic E-state index is 0.201. The van der Waals surface area contributed by atoms with E-state index in [4.69, 9.17) is 21.1 Å². The molecule has 9 nitrogen and oxygen atoms in total. The van der Waals surface area contributed by atoms with Gasteiger partial charge in [0.1, 0.15) is 18.1 Å². The van der Waals surface area contributed by atoms with Crippen molar-refractivity contribution in [2.75, 3.05) is 39.1 Å². The molecule has 1 unspecified atom stereocenters. The first-order chi connectivity index (χ1) is 19.8. The van der Waals surface area contributed by atoms with Gasteiger partial charge in [0, 0.05) is 43.3 Å². The summed E-state index contributed by atoms with van der Waals surface area (Å²) in [5.41, 5.74) is 3.25. The normalized spacial score (nSPS) is 16.0. The molecule has 1 amide bonds. The molecule has 1 aromatic heterocycles. The molecule has 2 N–H and O–H groups in total. The maximum absolute atomic E-state index is 12.7. The molecule has 0 aliphatic heterocycles. The van der Waals surface area contributed by atoms with Crippen LogP contribution in [0.25, 0.3) is 0 Å². The van der Waals surface area contributed by atoms with Crippen molar-refractivity contribution in [3.8, 4) is 11.8 Å². The first-order valence-electron chi connectivity index (χ1n) is 13.5. The summed E-state index contributed by atoms with van der Waals surface area (Å²) in [4.78, 5) is 23.5. The number of nitriles is 1. The van der Waals surface area contributed by atoms with E-state index in [0.29, 0.717) is 55.0 Å². The SMILES string of the molecule is CCOC1=CC(N=C[C@H](C)C#N)=C(CNc2ccc(OCc3ccccn3)c(Cl)c2)CC1NC(=O)/C=C/CN(C)C. The van der Waals surface area contributed by atoms with Gasteiger partial charge >= 0.3 is 0 Å². The van der Waals surface area contributed by atoms with Gasteiger partial charge in [-0.3, -0.25) is 14.8 Å². The molecule has 2 atom stereocenters. The summed E-state index contributed by atoms with van der Waals surface area (Å²) in [6, 6.07) is 13.0. The average molecular weight is 577 g/mol. The number of carbonyl (C=O) groups excluding carboxylic acids is 1. The van der Waals surface area contributed by atoms with Gasteiger partial charge in [0.25, 0.3) is 0 Å². The van der Waals surface area contributed by atoms with Gasteiger partial charge in [0.15, 0.2) is 0 Å². The highest BCUT2D eigenvalue weighted by Crippen LogP contribution is 2.30. The Balaban J connectivity index is 1.76. The van der Waals surface area contributed by atoms with Crippen molar-refractivity contribution in [3.63, 3.8) is 0 Å². The standard InChI is InChI=1S/C31H37ClN6O3/c1-5-40-30-17-27(36-19-22(2)18-33)23(15-28(30)37-31(39)10-8-14-38(3)4)20-35-24-11-12-29(26(32)16-24)41-21-25-9-6-7-13-34-25/h6-13,16-17,19,22,28,35H,5,14-15,20-21H2,1-4H3,(H,37,39)/b10-8+,36-19?/t22-,28?/m1/s1. The fraction of sp³-hybridized carbons (Fsp3) is 0.355. The van der Waals surface area contributed by atoms with Gasteiger partial charge in [-0.05, 0) is 70.3 Å². The summed E-state index contributed by atoms with van der Waals surface area (Å²) in [7, 11) is 3.88. The number of ether oxygens (including phenoxy) is 2. The number of rotatable bonds is 14. The molecule has 0 saturated carbocycles. The zero-order chi connectivity index (χ0) is 29.6. The molecule has 41 heavy (non-hydrogen) atoms. The van der Waals surface area contributed by atoms with Crippen molar-refractivity contribution in [1.82, 2.24) is 15.2 Å². The van der Waals surface area contributed by atoms with Crippen molar-refractivity contribution < 1.29 is 14.3 Å². The molecule has 1 aliphatic carbocycles. The summed E-state index contributed by atoms with van der Waals surface area (Å²) in [5, 5.41) is 16.1. The number of hydrogen-bond acceptors (Lipinski definition) is 8. The zero-order valence-electron chi connectivity index (χ0n) is 23.9. The number of anilines is 1. The largest absolute Gasteiger partial charge is 0.496 e. The molecule has 10 heteroatoms. The smallest absolute Gasteiger partial charge is 0.244 e. The molecule has 0 bridgehead atoms. The zero-order valence-corrected chi connectivity index (χ0v) is 24.7. The van der Waals surface area contributed by atoms with Crippen LogP contribution in [0.2, 0.25) is 5.02 Å². The van der Waals surface area contributed by atoms with Crippen LogP contribution in [0, 0.1) is 17.2 Å². The van der Waals surface area contributed by atoms with Gasteiger partial charge in [0.2, 0.25) is 5.91 Å². The van der Waals surface area contributed by atoms with Gasteiger partial charge in [-0.1, -0.05) is 23.7 Å². The second kappa shape index (κ2) is 16.2. The number of carbonyl (C=O) groups is 1. The lowest BCUT2D eigenvalue weighted by molar-refractivity contribution is -0.117. The van der Waals surface area contributed by atoms with E-state index in [-0.39, 0.29) is 17.9 Å². The Kier molecular flexibility index (Phi) is 12.4. The van der Waals surface area contributed by atoms with Crippen molar-refractivity contribution in [1.29, 1.82) is 5.26 Å². The monoisotopic (exact) mass is 576 g/mol. The summed E-state index contributed by atoms with van der Waals surface area (Å²) in [5.74, 6) is 0.634. The number of hydrogen-bond donors (Lipinski definition) is 2. The fourth-order valence-corrected chi connectivity index (χ4v) is 4.13. The lowest BCUT2D eigenvalue weighted by Crippen LogP contribution is -2.38. The highest BCUT2D eigenvalue weighted by Gasteiger charge is 2.26. The minimum Gasteiger partial charge on any atom is -0.496 e. The van der Waals surface area contributed by atoms with E-state index in [1.165, 1.54) is 6.08 Å². The van der Waals surface area contributed by atoms with Crippen molar-refractivity contribution in [3.05, 3.63) is 88.6 Å². The average Bonchev–Trinajstić information content (AvgIpc) is 2.96. The minimum atomic E-state index is -0.360. The van der Waals surface area contributed by atoms with E-state index >= 15 is 0 Å². The highest BCUT2D eigenvalue weighted by molar-refractivity contribution is 6.32. The van der Waals surface area contributed by atoms with Crippen molar-refractivity contribution in [2.24, 2.45) is 10.9 Å². The lowest BCUT2D eigenvalue weighted by atomic mass is 9.95. The molecule has 1 heterocycles. The first-order valence-corrected chi connectivity index (χ1v) is 13.8. The van der Waals surface area contributed by atoms with Crippen molar-refractivity contribution in [2.45, 2.75) is 32.9 Å². The summed E-state index contributed by atoms with van der Waals surface area (Å²) < 4.78 is 11.7. The molecule has 0 radical (unpaired) electrons. The van der Waals surface area contributed by atoms with Crippen LogP contribution in [0.5, 0.6) is 5.75 Å². The number of pyridine rings is 1. The number of halogens is 1. The van der Waals surface area contributed by atoms with Crippen LogP contribution < -0.4 is 15.4 Å². The lowest BCUT2D eigenvalue weighted by Gasteiger charge is -2.27. The van der Waals surface area contributed by atoms with E-state index < -0.39 is 0 Å². The molecule has 3 rings (SSSR count). The van der Waals surface area contributed by atoms with Crippen LogP contribution in [-0.2, 0) is 16.1 Å². The number of allylic oxidation sites excluding steroid dienone is 1. The molecular formula is C31H37ClN6O3. The molecule has 0 fully saturated rings. The number of aliphatic imine (C=N–C) groups is 1. The number of nitrogens with zero attached hydrogens (tertiary/aromatic N) is 4. The van der Waals surface area contributed by atoms with Crippen LogP contribution in [0.1, 0.15) is 26.0 Å². The number of aromatic nitrogens is 1. The first kappa shape index (κ1) is 31.4. The Morgan fingerprint density at radius 1 is 1.32 bits per heavy atom. The predicted molar refractivity (Wildman–Crippen MR) is 163 cm³/mol. The third kappa shape index (κ3) is 10.4. The summed E-state index contributed by atoms with van der Waals surface area (Å²) in [6.45, 7) is 5.53. The molecule has 216 valence electrons. The van der Waals surface area contributed by atoms with Gasteiger partial charge < -0.3 is 25.0 Å². The van der Waals surface area contributed by atoms with Crippen molar-refractivity contribution >= 4 is 29.4 Å². The Morgan fingerprint density at radius 2 is 2.15 bits per heavy atom. The topological polar surface area (TPSA) is 112 Å².